The number of fused-ring (bicyclic) bond motifs is 1. The van der Waals surface area contributed by atoms with Gasteiger partial charge in [0.2, 0.25) is 0 Å². The SMILES string of the molecule is COc1ccc(N2C(=O)C(=O)N(Cc3cc(=O)n4ccsc4n3)C2=O)cc1. The Bertz CT molecular complexity index is 1130. The number of hydrogen-bond acceptors (Lipinski definition) is 7. The first-order valence-corrected chi connectivity index (χ1v) is 8.67. The van der Waals surface area contributed by atoms with Crippen molar-refractivity contribution >= 4 is 39.8 Å². The molecule has 0 aliphatic carbocycles. The van der Waals surface area contributed by atoms with Crippen molar-refractivity contribution in [1.82, 2.24) is 14.3 Å². The second kappa shape index (κ2) is 6.32. The standard InChI is InChI=1S/C17H12N4O5S/c1-26-12-4-2-11(3-5-12)21-15(24)14(23)20(17(21)25)9-10-8-13(22)19-6-7-27-16(19)18-10/h2-8H,9H2,1H3. The molecule has 4 amide bonds. The van der Waals surface area contributed by atoms with E-state index < -0.39 is 17.8 Å². The average molecular weight is 384 g/mol. The summed E-state index contributed by atoms with van der Waals surface area (Å²) < 4.78 is 6.40. The van der Waals surface area contributed by atoms with Crippen molar-refractivity contribution < 1.29 is 19.1 Å². The fraction of sp³-hybridized carbons (Fsp3) is 0.118. The van der Waals surface area contributed by atoms with Crippen LogP contribution in [0.25, 0.3) is 4.96 Å². The first-order valence-electron chi connectivity index (χ1n) is 7.79. The molecule has 0 saturated carbocycles. The third kappa shape index (κ3) is 2.75. The van der Waals surface area contributed by atoms with Crippen LogP contribution in [0.3, 0.4) is 0 Å². The van der Waals surface area contributed by atoms with Gasteiger partial charge in [-0.3, -0.25) is 18.8 Å². The Balaban J connectivity index is 1.64. The number of amides is 4. The van der Waals surface area contributed by atoms with Gasteiger partial charge in [0.1, 0.15) is 5.75 Å². The van der Waals surface area contributed by atoms with Gasteiger partial charge < -0.3 is 4.74 Å². The predicted molar refractivity (Wildman–Crippen MR) is 95.8 cm³/mol. The summed E-state index contributed by atoms with van der Waals surface area (Å²) >= 11 is 1.25. The van der Waals surface area contributed by atoms with Crippen LogP contribution in [0.4, 0.5) is 10.5 Å². The summed E-state index contributed by atoms with van der Waals surface area (Å²) in [7, 11) is 1.49. The van der Waals surface area contributed by atoms with E-state index in [1.54, 1.807) is 23.7 Å². The molecule has 1 aliphatic heterocycles. The molecule has 1 fully saturated rings. The molecule has 0 unspecified atom stereocenters. The molecule has 1 aliphatic rings. The molecule has 4 rings (SSSR count). The van der Waals surface area contributed by atoms with Crippen molar-refractivity contribution in [2.75, 3.05) is 12.0 Å². The lowest BCUT2D eigenvalue weighted by molar-refractivity contribution is -0.139. The molecule has 0 atom stereocenters. The van der Waals surface area contributed by atoms with Crippen molar-refractivity contribution in [1.29, 1.82) is 0 Å². The minimum absolute atomic E-state index is 0.230. The van der Waals surface area contributed by atoms with Crippen molar-refractivity contribution in [2.45, 2.75) is 6.54 Å². The normalized spacial score (nSPS) is 14.5. The van der Waals surface area contributed by atoms with E-state index in [-0.39, 0.29) is 23.5 Å². The highest BCUT2D eigenvalue weighted by Gasteiger charge is 2.45. The topological polar surface area (TPSA) is 101 Å². The van der Waals surface area contributed by atoms with Crippen LogP contribution in [-0.4, -0.2) is 39.2 Å². The summed E-state index contributed by atoms with van der Waals surface area (Å²) in [5.41, 5.74) is 0.158. The second-order valence-corrected chi connectivity index (χ2v) is 6.53. The van der Waals surface area contributed by atoms with E-state index in [0.717, 1.165) is 9.80 Å². The molecule has 9 nitrogen and oxygen atoms in total. The maximum atomic E-state index is 12.7. The van der Waals surface area contributed by atoms with Crippen molar-refractivity contribution in [3.63, 3.8) is 0 Å². The van der Waals surface area contributed by atoms with E-state index in [0.29, 0.717) is 10.7 Å². The number of urea groups is 1. The highest BCUT2D eigenvalue weighted by atomic mass is 32.1. The van der Waals surface area contributed by atoms with E-state index >= 15 is 0 Å². The number of carbonyl (C=O) groups excluding carboxylic acids is 3. The van der Waals surface area contributed by atoms with Crippen molar-refractivity contribution in [2.24, 2.45) is 0 Å². The number of anilines is 1. The van der Waals surface area contributed by atoms with Crippen molar-refractivity contribution in [3.8, 4) is 5.75 Å². The minimum Gasteiger partial charge on any atom is -0.497 e. The number of carbonyl (C=O) groups is 3. The van der Waals surface area contributed by atoms with E-state index in [2.05, 4.69) is 4.98 Å². The molecule has 0 radical (unpaired) electrons. The number of ether oxygens (including phenoxy) is 1. The molecule has 3 heterocycles. The summed E-state index contributed by atoms with van der Waals surface area (Å²) in [5, 5.41) is 1.70. The summed E-state index contributed by atoms with van der Waals surface area (Å²) in [4.78, 5) is 55.6. The van der Waals surface area contributed by atoms with Gasteiger partial charge in [-0.25, -0.2) is 19.6 Å². The van der Waals surface area contributed by atoms with E-state index in [1.807, 2.05) is 0 Å². The number of hydrogen-bond donors (Lipinski definition) is 0. The third-order valence-electron chi connectivity index (χ3n) is 4.06. The quantitative estimate of drug-likeness (QED) is 0.496. The Hall–Kier alpha value is -3.53. The van der Waals surface area contributed by atoms with Gasteiger partial charge in [-0.1, -0.05) is 0 Å². The number of nitrogens with zero attached hydrogens (tertiary/aromatic N) is 4. The number of benzene rings is 1. The van der Waals surface area contributed by atoms with E-state index in [9.17, 15) is 19.2 Å². The zero-order valence-corrected chi connectivity index (χ0v) is 14.8. The van der Waals surface area contributed by atoms with Gasteiger partial charge in [-0.2, -0.15) is 0 Å². The maximum Gasteiger partial charge on any atom is 0.339 e. The predicted octanol–water partition coefficient (Wildman–Crippen LogP) is 1.26. The van der Waals surface area contributed by atoms with Crippen LogP contribution >= 0.6 is 11.3 Å². The van der Waals surface area contributed by atoms with Crippen LogP contribution in [0.15, 0.2) is 46.7 Å². The van der Waals surface area contributed by atoms with Crippen molar-refractivity contribution in [3.05, 3.63) is 58.0 Å². The van der Waals surface area contributed by atoms with Crippen LogP contribution in [0.1, 0.15) is 5.69 Å². The number of aromatic nitrogens is 2. The maximum absolute atomic E-state index is 12.7. The Morgan fingerprint density at radius 2 is 1.81 bits per heavy atom. The fourth-order valence-electron chi connectivity index (χ4n) is 2.73. The number of thiazole rings is 1. The zero-order valence-electron chi connectivity index (χ0n) is 14.0. The van der Waals surface area contributed by atoms with Gasteiger partial charge in [0, 0.05) is 17.6 Å². The van der Waals surface area contributed by atoms with Gasteiger partial charge in [-0.15, -0.1) is 11.3 Å². The Labute approximate surface area is 156 Å². The van der Waals surface area contributed by atoms with Crippen LogP contribution in [0.5, 0.6) is 5.75 Å². The smallest absolute Gasteiger partial charge is 0.339 e. The fourth-order valence-corrected chi connectivity index (χ4v) is 3.47. The molecule has 10 heteroatoms. The average Bonchev–Trinajstić information content (AvgIpc) is 3.22. The molecule has 0 N–H and O–H groups in total. The van der Waals surface area contributed by atoms with Crippen LogP contribution in [0, 0.1) is 0 Å². The molecule has 2 aromatic heterocycles. The molecule has 0 bridgehead atoms. The summed E-state index contributed by atoms with van der Waals surface area (Å²) in [6.07, 6.45) is 1.58. The molecular weight excluding hydrogens is 372 g/mol. The van der Waals surface area contributed by atoms with E-state index in [4.69, 9.17) is 4.74 Å². The first kappa shape index (κ1) is 16.9. The first-order chi connectivity index (χ1) is 13.0. The summed E-state index contributed by atoms with van der Waals surface area (Å²) in [5.74, 6) is -1.38. The summed E-state index contributed by atoms with van der Waals surface area (Å²) in [6.45, 7) is -0.264. The minimum atomic E-state index is -0.969. The number of methoxy groups -OCH3 is 1. The lowest BCUT2D eigenvalue weighted by atomic mass is 10.3. The zero-order chi connectivity index (χ0) is 19.1. The van der Waals surface area contributed by atoms with Gasteiger partial charge in [0.15, 0.2) is 4.96 Å². The van der Waals surface area contributed by atoms with Gasteiger partial charge >= 0.3 is 17.8 Å². The lowest BCUT2D eigenvalue weighted by Crippen LogP contribution is -2.33. The summed E-state index contributed by atoms with van der Waals surface area (Å²) in [6, 6.07) is 6.62. The largest absolute Gasteiger partial charge is 0.497 e. The Kier molecular flexibility index (Phi) is 3.96. The van der Waals surface area contributed by atoms with Crippen LogP contribution in [0.2, 0.25) is 0 Å². The van der Waals surface area contributed by atoms with Gasteiger partial charge in [-0.05, 0) is 24.3 Å². The van der Waals surface area contributed by atoms with Crippen LogP contribution < -0.4 is 15.2 Å². The molecular formula is C17H12N4O5S. The van der Waals surface area contributed by atoms with Crippen LogP contribution in [-0.2, 0) is 16.1 Å². The Morgan fingerprint density at radius 3 is 2.52 bits per heavy atom. The number of imide groups is 2. The molecule has 1 aromatic carbocycles. The third-order valence-corrected chi connectivity index (χ3v) is 4.82. The molecule has 27 heavy (non-hydrogen) atoms. The highest BCUT2D eigenvalue weighted by molar-refractivity contribution is 7.15. The molecule has 136 valence electrons. The molecule has 3 aromatic rings. The monoisotopic (exact) mass is 384 g/mol. The lowest BCUT2D eigenvalue weighted by Gasteiger charge is -2.15. The Morgan fingerprint density at radius 1 is 1.07 bits per heavy atom. The van der Waals surface area contributed by atoms with Gasteiger partial charge in [0.05, 0.1) is 25.0 Å². The molecule has 0 spiro atoms. The van der Waals surface area contributed by atoms with E-state index in [1.165, 1.54) is 41.0 Å². The molecule has 1 saturated heterocycles. The highest BCUT2D eigenvalue weighted by Crippen LogP contribution is 2.25. The van der Waals surface area contributed by atoms with Gasteiger partial charge in [0.25, 0.3) is 5.56 Å². The number of rotatable bonds is 4. The second-order valence-electron chi connectivity index (χ2n) is 5.65.